The van der Waals surface area contributed by atoms with Crippen molar-refractivity contribution in [1.82, 2.24) is 5.32 Å². The van der Waals surface area contributed by atoms with Gasteiger partial charge in [0, 0.05) is 6.04 Å². The van der Waals surface area contributed by atoms with E-state index in [9.17, 15) is 4.39 Å². The number of halogens is 2. The van der Waals surface area contributed by atoms with Crippen molar-refractivity contribution in [3.8, 4) is 0 Å². The summed E-state index contributed by atoms with van der Waals surface area (Å²) >= 11 is 3.14. The molecule has 14 heavy (non-hydrogen) atoms. The van der Waals surface area contributed by atoms with Crippen LogP contribution in [-0.4, -0.2) is 7.05 Å². The van der Waals surface area contributed by atoms with Crippen LogP contribution in [0.1, 0.15) is 25.5 Å². The number of benzene rings is 1. The Kier molecular flexibility index (Phi) is 4.08. The van der Waals surface area contributed by atoms with E-state index in [-0.39, 0.29) is 11.9 Å². The standard InChI is InChI=1S/C11H15BrFN/c1-7(2)11(14-3)8-4-5-9(12)10(13)6-8/h4-7,11,14H,1-3H3. The molecule has 0 bridgehead atoms. The van der Waals surface area contributed by atoms with Gasteiger partial charge >= 0.3 is 0 Å². The van der Waals surface area contributed by atoms with Gasteiger partial charge in [-0.3, -0.25) is 0 Å². The predicted molar refractivity (Wildman–Crippen MR) is 60.7 cm³/mol. The predicted octanol–water partition coefficient (Wildman–Crippen LogP) is 3.50. The maximum Gasteiger partial charge on any atom is 0.137 e. The van der Waals surface area contributed by atoms with Crippen molar-refractivity contribution in [2.45, 2.75) is 19.9 Å². The van der Waals surface area contributed by atoms with Crippen LogP contribution in [-0.2, 0) is 0 Å². The summed E-state index contributed by atoms with van der Waals surface area (Å²) in [5.74, 6) is 0.240. The van der Waals surface area contributed by atoms with E-state index >= 15 is 0 Å². The molecule has 1 aromatic carbocycles. The Labute approximate surface area is 92.8 Å². The van der Waals surface area contributed by atoms with Crippen molar-refractivity contribution in [3.05, 3.63) is 34.1 Å². The van der Waals surface area contributed by atoms with Gasteiger partial charge in [0.15, 0.2) is 0 Å². The molecule has 3 heteroatoms. The highest BCUT2D eigenvalue weighted by Gasteiger charge is 2.14. The van der Waals surface area contributed by atoms with Gasteiger partial charge in [0.2, 0.25) is 0 Å². The van der Waals surface area contributed by atoms with E-state index in [0.717, 1.165) is 5.56 Å². The Hall–Kier alpha value is -0.410. The molecule has 0 saturated heterocycles. The number of hydrogen-bond acceptors (Lipinski definition) is 1. The van der Waals surface area contributed by atoms with Crippen LogP contribution in [0.5, 0.6) is 0 Å². The van der Waals surface area contributed by atoms with E-state index in [2.05, 4.69) is 35.1 Å². The van der Waals surface area contributed by atoms with Gasteiger partial charge < -0.3 is 5.32 Å². The van der Waals surface area contributed by atoms with Crippen LogP contribution in [0, 0.1) is 11.7 Å². The van der Waals surface area contributed by atoms with E-state index in [0.29, 0.717) is 10.4 Å². The third kappa shape index (κ3) is 2.55. The van der Waals surface area contributed by atoms with Gasteiger partial charge in [-0.25, -0.2) is 4.39 Å². The molecule has 1 unspecified atom stereocenters. The van der Waals surface area contributed by atoms with Crippen LogP contribution >= 0.6 is 15.9 Å². The number of nitrogens with one attached hydrogen (secondary N) is 1. The maximum absolute atomic E-state index is 13.3. The molecule has 1 aromatic rings. The summed E-state index contributed by atoms with van der Waals surface area (Å²) < 4.78 is 13.8. The minimum absolute atomic E-state index is 0.205. The van der Waals surface area contributed by atoms with E-state index in [4.69, 9.17) is 0 Å². The van der Waals surface area contributed by atoms with Crippen molar-refractivity contribution >= 4 is 15.9 Å². The molecule has 0 aliphatic carbocycles. The Morgan fingerprint density at radius 3 is 2.43 bits per heavy atom. The quantitative estimate of drug-likeness (QED) is 0.877. The number of rotatable bonds is 3. The summed E-state index contributed by atoms with van der Waals surface area (Å²) in [5.41, 5.74) is 0.989. The molecule has 1 rings (SSSR count). The minimum atomic E-state index is -0.205. The van der Waals surface area contributed by atoms with E-state index in [1.54, 1.807) is 12.1 Å². The first-order valence-electron chi connectivity index (χ1n) is 4.68. The Bertz CT molecular complexity index is 312. The van der Waals surface area contributed by atoms with Gasteiger partial charge in [0.25, 0.3) is 0 Å². The van der Waals surface area contributed by atoms with Crippen molar-refractivity contribution in [2.75, 3.05) is 7.05 Å². The van der Waals surface area contributed by atoms with Crippen molar-refractivity contribution in [2.24, 2.45) is 5.92 Å². The third-order valence-electron chi connectivity index (χ3n) is 2.28. The van der Waals surface area contributed by atoms with Crippen molar-refractivity contribution < 1.29 is 4.39 Å². The fourth-order valence-corrected chi connectivity index (χ4v) is 1.84. The molecular formula is C11H15BrFN. The summed E-state index contributed by atoms with van der Waals surface area (Å²) in [6, 6.07) is 5.47. The van der Waals surface area contributed by atoms with E-state index in [1.807, 2.05) is 13.1 Å². The average molecular weight is 260 g/mol. The smallest absolute Gasteiger partial charge is 0.137 e. The SMILES string of the molecule is CNC(c1ccc(Br)c(F)c1)C(C)C. The van der Waals surface area contributed by atoms with Gasteiger partial charge in [-0.05, 0) is 46.6 Å². The highest BCUT2D eigenvalue weighted by atomic mass is 79.9. The normalized spacial score (nSPS) is 13.3. The summed E-state index contributed by atoms with van der Waals surface area (Å²) in [7, 11) is 1.89. The second-order valence-corrected chi connectivity index (χ2v) is 4.54. The lowest BCUT2D eigenvalue weighted by atomic mass is 9.96. The average Bonchev–Trinajstić information content (AvgIpc) is 2.11. The van der Waals surface area contributed by atoms with Gasteiger partial charge in [-0.2, -0.15) is 0 Å². The molecule has 0 spiro atoms. The third-order valence-corrected chi connectivity index (χ3v) is 2.92. The molecule has 0 fully saturated rings. The molecule has 0 amide bonds. The van der Waals surface area contributed by atoms with Crippen LogP contribution in [0.15, 0.2) is 22.7 Å². The van der Waals surface area contributed by atoms with Crippen LogP contribution in [0.25, 0.3) is 0 Å². The Morgan fingerprint density at radius 2 is 2.00 bits per heavy atom. The van der Waals surface area contributed by atoms with Crippen LogP contribution in [0.2, 0.25) is 0 Å². The highest BCUT2D eigenvalue weighted by Crippen LogP contribution is 2.24. The first-order chi connectivity index (χ1) is 6.56. The fraction of sp³-hybridized carbons (Fsp3) is 0.455. The topological polar surface area (TPSA) is 12.0 Å². The largest absolute Gasteiger partial charge is 0.313 e. The summed E-state index contributed by atoms with van der Waals surface area (Å²) in [4.78, 5) is 0. The summed E-state index contributed by atoms with van der Waals surface area (Å²) in [5, 5.41) is 3.18. The lowest BCUT2D eigenvalue weighted by Crippen LogP contribution is -2.21. The van der Waals surface area contributed by atoms with Gasteiger partial charge in [0.05, 0.1) is 4.47 Å². The van der Waals surface area contributed by atoms with Crippen LogP contribution < -0.4 is 5.32 Å². The molecule has 0 aliphatic rings. The Balaban J connectivity index is 3.00. The lowest BCUT2D eigenvalue weighted by Gasteiger charge is -2.20. The lowest BCUT2D eigenvalue weighted by molar-refractivity contribution is 0.440. The second kappa shape index (κ2) is 4.89. The molecule has 0 aliphatic heterocycles. The number of hydrogen-bond donors (Lipinski definition) is 1. The van der Waals surface area contributed by atoms with Gasteiger partial charge in [-0.1, -0.05) is 19.9 Å². The summed E-state index contributed by atoms with van der Waals surface area (Å²) in [6.45, 7) is 4.22. The van der Waals surface area contributed by atoms with E-state index in [1.165, 1.54) is 0 Å². The van der Waals surface area contributed by atoms with Crippen LogP contribution in [0.4, 0.5) is 4.39 Å². The van der Waals surface area contributed by atoms with Gasteiger partial charge in [0.1, 0.15) is 5.82 Å². The molecule has 1 N–H and O–H groups in total. The zero-order chi connectivity index (χ0) is 10.7. The van der Waals surface area contributed by atoms with E-state index < -0.39 is 0 Å². The monoisotopic (exact) mass is 259 g/mol. The zero-order valence-corrected chi connectivity index (χ0v) is 10.2. The zero-order valence-electron chi connectivity index (χ0n) is 8.64. The second-order valence-electron chi connectivity index (χ2n) is 3.68. The van der Waals surface area contributed by atoms with Crippen molar-refractivity contribution in [1.29, 1.82) is 0 Å². The maximum atomic E-state index is 13.3. The fourth-order valence-electron chi connectivity index (χ4n) is 1.59. The molecule has 1 nitrogen and oxygen atoms in total. The van der Waals surface area contributed by atoms with Gasteiger partial charge in [-0.15, -0.1) is 0 Å². The minimum Gasteiger partial charge on any atom is -0.313 e. The first-order valence-corrected chi connectivity index (χ1v) is 5.47. The molecule has 78 valence electrons. The molecule has 0 aromatic heterocycles. The highest BCUT2D eigenvalue weighted by molar-refractivity contribution is 9.10. The summed E-state index contributed by atoms with van der Waals surface area (Å²) in [6.07, 6.45) is 0. The van der Waals surface area contributed by atoms with Crippen molar-refractivity contribution in [3.63, 3.8) is 0 Å². The first kappa shape index (κ1) is 11.7. The molecule has 0 saturated carbocycles. The molecule has 0 heterocycles. The Morgan fingerprint density at radius 1 is 1.36 bits per heavy atom. The molecule has 0 radical (unpaired) electrons. The molecule has 1 atom stereocenters. The molecular weight excluding hydrogens is 245 g/mol. The van der Waals surface area contributed by atoms with Crippen LogP contribution in [0.3, 0.4) is 0 Å².